The molecule has 0 atom stereocenters. The van der Waals surface area contributed by atoms with E-state index in [4.69, 9.17) is 0 Å². The smallest absolute Gasteiger partial charge is 0.0524 e. The summed E-state index contributed by atoms with van der Waals surface area (Å²) in [6.07, 6.45) is 3.54. The molecule has 12 heavy (non-hydrogen) atoms. The topological polar surface area (TPSA) is 24.7 Å². The molecule has 0 saturated heterocycles. The van der Waals surface area contributed by atoms with E-state index in [1.54, 1.807) is 12.4 Å². The number of rotatable bonds is 1. The molecule has 0 rings (SSSR count). The summed E-state index contributed by atoms with van der Waals surface area (Å²) in [4.78, 5) is 8.57. The highest BCUT2D eigenvalue weighted by Gasteiger charge is 2.05. The van der Waals surface area contributed by atoms with Crippen molar-refractivity contribution in [1.82, 2.24) is 0 Å². The first-order valence-corrected chi connectivity index (χ1v) is 4.30. The van der Waals surface area contributed by atoms with E-state index < -0.39 is 0 Å². The second-order valence-electron chi connectivity index (χ2n) is 4.90. The summed E-state index contributed by atoms with van der Waals surface area (Å²) in [5.41, 5.74) is 0.00775. The lowest BCUT2D eigenvalue weighted by atomic mass is 10.1. The minimum absolute atomic E-state index is 0.00387. The Bertz CT molecular complexity index is 155. The van der Waals surface area contributed by atoms with Gasteiger partial charge in [-0.2, -0.15) is 0 Å². The van der Waals surface area contributed by atoms with Gasteiger partial charge in [-0.3, -0.25) is 9.98 Å². The Morgan fingerprint density at radius 1 is 0.667 bits per heavy atom. The lowest BCUT2D eigenvalue weighted by molar-refractivity contribution is 0.583. The van der Waals surface area contributed by atoms with Crippen molar-refractivity contribution in [3.05, 3.63) is 0 Å². The average Bonchev–Trinajstić information content (AvgIpc) is 1.76. The van der Waals surface area contributed by atoms with E-state index in [0.717, 1.165) is 0 Å². The van der Waals surface area contributed by atoms with Crippen LogP contribution in [0.25, 0.3) is 0 Å². The summed E-state index contributed by atoms with van der Waals surface area (Å²) in [7, 11) is 0. The highest BCUT2D eigenvalue weighted by molar-refractivity contribution is 6.16. The second kappa shape index (κ2) is 3.83. The summed E-state index contributed by atoms with van der Waals surface area (Å²) in [6.45, 7) is 12.4. The molecular formula is C10H20N2. The molecule has 0 N–H and O–H groups in total. The Kier molecular flexibility index (Phi) is 3.62. The predicted molar refractivity (Wildman–Crippen MR) is 56.5 cm³/mol. The average molecular weight is 168 g/mol. The molecule has 0 bridgehead atoms. The molecule has 0 saturated carbocycles. The molecule has 70 valence electrons. The molecular weight excluding hydrogens is 148 g/mol. The van der Waals surface area contributed by atoms with Gasteiger partial charge < -0.3 is 0 Å². The Labute approximate surface area is 75.8 Å². The van der Waals surface area contributed by atoms with Gasteiger partial charge >= 0.3 is 0 Å². The van der Waals surface area contributed by atoms with Crippen LogP contribution < -0.4 is 0 Å². The van der Waals surface area contributed by atoms with Gasteiger partial charge in [-0.25, -0.2) is 0 Å². The molecule has 0 aliphatic carbocycles. The van der Waals surface area contributed by atoms with Crippen molar-refractivity contribution in [1.29, 1.82) is 0 Å². The van der Waals surface area contributed by atoms with E-state index in [1.165, 1.54) is 0 Å². The van der Waals surface area contributed by atoms with Crippen LogP contribution in [0, 0.1) is 0 Å². The summed E-state index contributed by atoms with van der Waals surface area (Å²) in [6, 6.07) is 0. The largest absolute Gasteiger partial charge is 0.286 e. The number of hydrogen-bond acceptors (Lipinski definition) is 2. The second-order valence-corrected chi connectivity index (χ2v) is 4.90. The highest BCUT2D eigenvalue weighted by atomic mass is 14.8. The van der Waals surface area contributed by atoms with Crippen LogP contribution >= 0.6 is 0 Å². The van der Waals surface area contributed by atoms with Gasteiger partial charge in [-0.05, 0) is 41.5 Å². The van der Waals surface area contributed by atoms with Gasteiger partial charge in [-0.1, -0.05) is 0 Å². The minimum Gasteiger partial charge on any atom is -0.286 e. The third kappa shape index (κ3) is 9.34. The van der Waals surface area contributed by atoms with Gasteiger partial charge in [0.1, 0.15) is 0 Å². The fourth-order valence-corrected chi connectivity index (χ4v) is 0.514. The molecule has 0 aliphatic heterocycles. The lowest BCUT2D eigenvalue weighted by Gasteiger charge is -2.11. The standard InChI is InChI=1S/C10H20N2/c1-9(2,3)11-7-8-12-10(4,5)6/h7-8H,1-6H3. The van der Waals surface area contributed by atoms with Gasteiger partial charge in [-0.15, -0.1) is 0 Å². The summed E-state index contributed by atoms with van der Waals surface area (Å²) in [5.74, 6) is 0. The first kappa shape index (κ1) is 11.3. The Balaban J connectivity index is 4.00. The van der Waals surface area contributed by atoms with Gasteiger partial charge in [0, 0.05) is 12.4 Å². The van der Waals surface area contributed by atoms with E-state index in [-0.39, 0.29) is 11.1 Å². The molecule has 0 aromatic rings. The van der Waals surface area contributed by atoms with Crippen molar-refractivity contribution in [3.8, 4) is 0 Å². The van der Waals surface area contributed by atoms with Crippen LogP contribution in [0.15, 0.2) is 9.98 Å². The molecule has 0 fully saturated rings. The van der Waals surface area contributed by atoms with E-state index >= 15 is 0 Å². The predicted octanol–water partition coefficient (Wildman–Crippen LogP) is 2.73. The maximum Gasteiger partial charge on any atom is 0.0524 e. The zero-order valence-corrected chi connectivity index (χ0v) is 9.05. The molecule has 2 heteroatoms. The third-order valence-electron chi connectivity index (χ3n) is 0.990. The molecule has 0 spiro atoms. The van der Waals surface area contributed by atoms with Crippen LogP contribution in [0.5, 0.6) is 0 Å². The van der Waals surface area contributed by atoms with Gasteiger partial charge in [0.15, 0.2) is 0 Å². The molecule has 0 aromatic heterocycles. The maximum absolute atomic E-state index is 4.29. The van der Waals surface area contributed by atoms with Crippen molar-refractivity contribution in [2.75, 3.05) is 0 Å². The maximum atomic E-state index is 4.29. The number of hydrogen-bond donors (Lipinski definition) is 0. The zero-order chi connectivity index (χ0) is 9.83. The Morgan fingerprint density at radius 3 is 1.08 bits per heavy atom. The fourth-order valence-electron chi connectivity index (χ4n) is 0.514. The summed E-state index contributed by atoms with van der Waals surface area (Å²) in [5, 5.41) is 0. The molecule has 0 aromatic carbocycles. The first-order valence-electron chi connectivity index (χ1n) is 4.30. The normalized spacial score (nSPS) is 14.8. The highest BCUT2D eigenvalue weighted by Crippen LogP contribution is 2.05. The Morgan fingerprint density at radius 2 is 0.917 bits per heavy atom. The van der Waals surface area contributed by atoms with E-state index in [9.17, 15) is 0 Å². The van der Waals surface area contributed by atoms with E-state index in [0.29, 0.717) is 0 Å². The lowest BCUT2D eigenvalue weighted by Crippen LogP contribution is -2.12. The molecule has 0 amide bonds. The van der Waals surface area contributed by atoms with Crippen molar-refractivity contribution < 1.29 is 0 Å². The van der Waals surface area contributed by atoms with Crippen LogP contribution in [-0.4, -0.2) is 23.5 Å². The van der Waals surface area contributed by atoms with Crippen molar-refractivity contribution >= 4 is 12.4 Å². The third-order valence-corrected chi connectivity index (χ3v) is 0.990. The van der Waals surface area contributed by atoms with Crippen molar-refractivity contribution in [2.24, 2.45) is 9.98 Å². The fraction of sp³-hybridized carbons (Fsp3) is 0.800. The van der Waals surface area contributed by atoms with Gasteiger partial charge in [0.25, 0.3) is 0 Å². The SMILES string of the molecule is CC(C)(C)N=CC=NC(C)(C)C. The molecule has 0 unspecified atom stereocenters. The number of aliphatic imine (C=N–C) groups is 2. The van der Waals surface area contributed by atoms with Crippen molar-refractivity contribution in [3.63, 3.8) is 0 Å². The van der Waals surface area contributed by atoms with Gasteiger partial charge in [0.05, 0.1) is 11.1 Å². The summed E-state index contributed by atoms with van der Waals surface area (Å²) < 4.78 is 0. The first-order chi connectivity index (χ1) is 5.21. The van der Waals surface area contributed by atoms with E-state index in [2.05, 4.69) is 51.5 Å². The van der Waals surface area contributed by atoms with Crippen LogP contribution in [-0.2, 0) is 0 Å². The van der Waals surface area contributed by atoms with Crippen LogP contribution in [0.3, 0.4) is 0 Å². The zero-order valence-electron chi connectivity index (χ0n) is 9.05. The minimum atomic E-state index is 0.00387. The Hall–Kier alpha value is -0.660. The summed E-state index contributed by atoms with van der Waals surface area (Å²) >= 11 is 0. The van der Waals surface area contributed by atoms with Crippen molar-refractivity contribution in [2.45, 2.75) is 52.6 Å². The molecule has 0 heterocycles. The van der Waals surface area contributed by atoms with Crippen LogP contribution in [0.2, 0.25) is 0 Å². The number of nitrogens with zero attached hydrogens (tertiary/aromatic N) is 2. The molecule has 0 aliphatic rings. The van der Waals surface area contributed by atoms with Crippen LogP contribution in [0.1, 0.15) is 41.5 Å². The molecule has 2 nitrogen and oxygen atoms in total. The monoisotopic (exact) mass is 168 g/mol. The quantitative estimate of drug-likeness (QED) is 0.538. The molecule has 0 radical (unpaired) electrons. The van der Waals surface area contributed by atoms with Gasteiger partial charge in [0.2, 0.25) is 0 Å². The van der Waals surface area contributed by atoms with E-state index in [1.807, 2.05) is 0 Å². The van der Waals surface area contributed by atoms with Crippen LogP contribution in [0.4, 0.5) is 0 Å².